The van der Waals surface area contributed by atoms with Crippen LogP contribution in [0, 0.1) is 17.7 Å². The van der Waals surface area contributed by atoms with Gasteiger partial charge in [-0.3, -0.25) is 9.48 Å². The molecule has 0 aliphatic rings. The molecule has 0 radical (unpaired) electrons. The maximum absolute atomic E-state index is 13.5. The van der Waals surface area contributed by atoms with E-state index >= 15 is 0 Å². The molecule has 21 heavy (non-hydrogen) atoms. The average molecular weight is 287 g/mol. The number of rotatable bonds is 4. The number of carbonyl (C=O) groups excluding carboxylic acids is 1. The summed E-state index contributed by atoms with van der Waals surface area (Å²) in [6, 6.07) is 5.89. The van der Waals surface area contributed by atoms with Crippen molar-refractivity contribution in [2.24, 2.45) is 0 Å². The van der Waals surface area contributed by atoms with Gasteiger partial charge < -0.3 is 10.4 Å². The van der Waals surface area contributed by atoms with Crippen LogP contribution in [0.15, 0.2) is 36.7 Å². The zero-order chi connectivity index (χ0) is 15.1. The van der Waals surface area contributed by atoms with Crippen LogP contribution >= 0.6 is 0 Å². The van der Waals surface area contributed by atoms with Gasteiger partial charge in [0.05, 0.1) is 12.2 Å². The number of anilines is 1. The van der Waals surface area contributed by atoms with Crippen molar-refractivity contribution in [1.29, 1.82) is 0 Å². The molecule has 1 aromatic carbocycles. The van der Waals surface area contributed by atoms with Crippen molar-refractivity contribution in [1.82, 2.24) is 9.78 Å². The van der Waals surface area contributed by atoms with Gasteiger partial charge in [0, 0.05) is 24.5 Å². The molecule has 1 amide bonds. The molecule has 6 heteroatoms. The maximum Gasteiger partial charge on any atom is 0.246 e. The number of hydrogen-bond donors (Lipinski definition) is 2. The van der Waals surface area contributed by atoms with E-state index in [1.54, 1.807) is 18.5 Å². The summed E-state index contributed by atoms with van der Waals surface area (Å²) >= 11 is 0. The number of aromatic nitrogens is 2. The molecule has 0 aliphatic carbocycles. The molecule has 108 valence electrons. The van der Waals surface area contributed by atoms with Crippen LogP contribution in [0.2, 0.25) is 0 Å². The van der Waals surface area contributed by atoms with Gasteiger partial charge in [-0.15, -0.1) is 0 Å². The predicted molar refractivity (Wildman–Crippen MR) is 75.8 cm³/mol. The second-order valence-corrected chi connectivity index (χ2v) is 4.22. The summed E-state index contributed by atoms with van der Waals surface area (Å²) in [5.41, 5.74) is 0.641. The molecule has 0 spiro atoms. The van der Waals surface area contributed by atoms with Gasteiger partial charge in [-0.2, -0.15) is 5.10 Å². The van der Waals surface area contributed by atoms with E-state index in [0.717, 1.165) is 0 Å². The largest absolute Gasteiger partial charge is 0.395 e. The lowest BCUT2D eigenvalue weighted by molar-refractivity contribution is -0.116. The smallest absolute Gasteiger partial charge is 0.246 e. The standard InChI is InChI=1S/C15H14FN3O2/c16-14-6-5-13(10-12(14)4-1-2-9-20)18-15(21)11-19-8-3-7-17-19/h3,5-8,10,20H,2,9,11H2,(H,18,21). The van der Waals surface area contributed by atoms with E-state index in [1.165, 1.54) is 22.9 Å². The average Bonchev–Trinajstić information content (AvgIpc) is 2.95. The molecule has 5 nitrogen and oxygen atoms in total. The Balaban J connectivity index is 2.05. The van der Waals surface area contributed by atoms with E-state index in [0.29, 0.717) is 5.69 Å². The minimum atomic E-state index is -0.467. The van der Waals surface area contributed by atoms with Gasteiger partial charge in [-0.05, 0) is 24.3 Å². The number of hydrogen-bond acceptors (Lipinski definition) is 3. The summed E-state index contributed by atoms with van der Waals surface area (Å²) in [4.78, 5) is 11.8. The Bertz CT molecular complexity index is 672. The van der Waals surface area contributed by atoms with Crippen molar-refractivity contribution in [2.75, 3.05) is 11.9 Å². The van der Waals surface area contributed by atoms with Gasteiger partial charge in [-0.25, -0.2) is 4.39 Å². The number of benzene rings is 1. The minimum absolute atomic E-state index is 0.0745. The highest BCUT2D eigenvalue weighted by molar-refractivity contribution is 5.90. The number of nitrogens with one attached hydrogen (secondary N) is 1. The molecule has 2 N–H and O–H groups in total. The van der Waals surface area contributed by atoms with Gasteiger partial charge in [0.1, 0.15) is 12.4 Å². The Kier molecular flexibility index (Phi) is 5.07. The molecule has 2 aromatic rings. The SMILES string of the molecule is O=C(Cn1cccn1)Nc1ccc(F)c(C#CCCO)c1. The summed E-state index contributed by atoms with van der Waals surface area (Å²) in [5.74, 6) is 4.53. The van der Waals surface area contributed by atoms with Crippen molar-refractivity contribution in [3.8, 4) is 11.8 Å². The fourth-order valence-electron chi connectivity index (χ4n) is 1.65. The zero-order valence-corrected chi connectivity index (χ0v) is 11.2. The molecule has 0 fully saturated rings. The van der Waals surface area contributed by atoms with Crippen molar-refractivity contribution >= 4 is 11.6 Å². The quantitative estimate of drug-likeness (QED) is 0.835. The van der Waals surface area contributed by atoms with Gasteiger partial charge in [0.25, 0.3) is 0 Å². The third-order valence-electron chi connectivity index (χ3n) is 2.57. The van der Waals surface area contributed by atoms with Crippen molar-refractivity contribution < 1.29 is 14.3 Å². The number of halogens is 1. The molecule has 0 unspecified atom stereocenters. The first-order chi connectivity index (χ1) is 10.2. The summed E-state index contributed by atoms with van der Waals surface area (Å²) in [6.45, 7) is 0.00478. The van der Waals surface area contributed by atoms with Crippen molar-refractivity contribution in [2.45, 2.75) is 13.0 Å². The molecule has 1 heterocycles. The molecule has 0 saturated carbocycles. The maximum atomic E-state index is 13.5. The van der Waals surface area contributed by atoms with Gasteiger partial charge in [0.2, 0.25) is 5.91 Å². The first-order valence-electron chi connectivity index (χ1n) is 6.35. The van der Waals surface area contributed by atoms with E-state index < -0.39 is 5.82 Å². The van der Waals surface area contributed by atoms with Crippen LogP contribution in [0.1, 0.15) is 12.0 Å². The van der Waals surface area contributed by atoms with Crippen LogP contribution in [0.25, 0.3) is 0 Å². The minimum Gasteiger partial charge on any atom is -0.395 e. The molecular weight excluding hydrogens is 273 g/mol. The van der Waals surface area contributed by atoms with Gasteiger partial charge in [0.15, 0.2) is 0 Å². The van der Waals surface area contributed by atoms with Gasteiger partial charge in [-0.1, -0.05) is 11.8 Å². The van der Waals surface area contributed by atoms with E-state index in [1.807, 2.05) is 0 Å². The molecule has 0 saturated heterocycles. The monoisotopic (exact) mass is 287 g/mol. The Labute approximate surface area is 121 Å². The van der Waals surface area contributed by atoms with Crippen LogP contribution in [-0.4, -0.2) is 27.4 Å². The molecular formula is C15H14FN3O2. The Morgan fingerprint density at radius 3 is 3.05 bits per heavy atom. The summed E-state index contributed by atoms with van der Waals surface area (Å²) in [5, 5.41) is 15.2. The number of amides is 1. The van der Waals surface area contributed by atoms with E-state index in [2.05, 4.69) is 22.3 Å². The fraction of sp³-hybridized carbons (Fsp3) is 0.200. The van der Waals surface area contributed by atoms with Crippen LogP contribution in [-0.2, 0) is 11.3 Å². The second-order valence-electron chi connectivity index (χ2n) is 4.22. The fourth-order valence-corrected chi connectivity index (χ4v) is 1.65. The Hall–Kier alpha value is -2.65. The number of nitrogens with zero attached hydrogens (tertiary/aromatic N) is 2. The highest BCUT2D eigenvalue weighted by Gasteiger charge is 2.06. The molecule has 0 bridgehead atoms. The lowest BCUT2D eigenvalue weighted by Gasteiger charge is -2.06. The van der Waals surface area contributed by atoms with Gasteiger partial charge >= 0.3 is 0 Å². The van der Waals surface area contributed by atoms with E-state index in [4.69, 9.17) is 5.11 Å². The molecule has 0 atom stereocenters. The lowest BCUT2D eigenvalue weighted by Crippen LogP contribution is -2.19. The lowest BCUT2D eigenvalue weighted by atomic mass is 10.2. The van der Waals surface area contributed by atoms with Crippen LogP contribution in [0.4, 0.5) is 10.1 Å². The number of carbonyl (C=O) groups is 1. The second kappa shape index (κ2) is 7.22. The first kappa shape index (κ1) is 14.8. The Morgan fingerprint density at radius 2 is 2.33 bits per heavy atom. The topological polar surface area (TPSA) is 67.2 Å². The predicted octanol–water partition coefficient (Wildman–Crippen LogP) is 1.39. The highest BCUT2D eigenvalue weighted by Crippen LogP contribution is 2.14. The van der Waals surface area contributed by atoms with E-state index in [9.17, 15) is 9.18 Å². The number of aliphatic hydroxyl groups is 1. The highest BCUT2D eigenvalue weighted by atomic mass is 19.1. The summed E-state index contributed by atoms with van der Waals surface area (Å²) < 4.78 is 15.0. The van der Waals surface area contributed by atoms with Crippen LogP contribution in [0.3, 0.4) is 0 Å². The van der Waals surface area contributed by atoms with E-state index in [-0.39, 0.29) is 31.0 Å². The third-order valence-corrected chi connectivity index (χ3v) is 2.57. The van der Waals surface area contributed by atoms with Crippen molar-refractivity contribution in [3.05, 3.63) is 48.0 Å². The normalized spacial score (nSPS) is 9.81. The summed E-state index contributed by atoms with van der Waals surface area (Å²) in [6.07, 6.45) is 3.53. The third kappa shape index (κ3) is 4.44. The first-order valence-corrected chi connectivity index (χ1v) is 6.35. The van der Waals surface area contributed by atoms with Crippen LogP contribution < -0.4 is 5.32 Å². The molecule has 2 rings (SSSR count). The summed E-state index contributed by atoms with van der Waals surface area (Å²) in [7, 11) is 0. The zero-order valence-electron chi connectivity index (χ0n) is 11.2. The van der Waals surface area contributed by atoms with Crippen molar-refractivity contribution in [3.63, 3.8) is 0 Å². The Morgan fingerprint density at radius 1 is 1.48 bits per heavy atom. The van der Waals surface area contributed by atoms with Crippen LogP contribution in [0.5, 0.6) is 0 Å². The number of aliphatic hydroxyl groups excluding tert-OH is 1. The molecule has 1 aromatic heterocycles. The molecule has 0 aliphatic heterocycles.